The molecule has 3 aromatic rings. The number of morpholine rings is 1. The van der Waals surface area contributed by atoms with Crippen LogP contribution in [0.3, 0.4) is 0 Å². The van der Waals surface area contributed by atoms with Gasteiger partial charge in [0.25, 0.3) is 0 Å². The van der Waals surface area contributed by atoms with Gasteiger partial charge in [0.05, 0.1) is 30.5 Å². The van der Waals surface area contributed by atoms with E-state index in [0.29, 0.717) is 41.8 Å². The molecule has 11 heteroatoms. The molecule has 1 amide bonds. The molecule has 0 spiro atoms. The second kappa shape index (κ2) is 9.27. The predicted molar refractivity (Wildman–Crippen MR) is 113 cm³/mol. The molecular formula is C20H20ClFN6O3. The third-order valence-electron chi connectivity index (χ3n) is 4.77. The van der Waals surface area contributed by atoms with Crippen molar-refractivity contribution in [3.8, 4) is 11.4 Å². The number of nitrogens with zero attached hydrogens (tertiary/aromatic N) is 4. The molecule has 9 nitrogen and oxygen atoms in total. The average molecular weight is 447 g/mol. The van der Waals surface area contributed by atoms with Gasteiger partial charge in [-0.2, -0.15) is 0 Å². The fraction of sp³-hybridized carbons (Fsp3) is 0.300. The van der Waals surface area contributed by atoms with Gasteiger partial charge in [0.2, 0.25) is 0 Å². The predicted octanol–water partition coefficient (Wildman–Crippen LogP) is 3.25. The van der Waals surface area contributed by atoms with Crippen LogP contribution >= 0.6 is 11.6 Å². The second-order valence-corrected chi connectivity index (χ2v) is 7.25. The van der Waals surface area contributed by atoms with Crippen LogP contribution < -0.4 is 5.32 Å². The van der Waals surface area contributed by atoms with E-state index in [1.54, 1.807) is 17.2 Å². The van der Waals surface area contributed by atoms with Crippen molar-refractivity contribution >= 4 is 34.5 Å². The first-order chi connectivity index (χ1) is 15.1. The number of rotatable bonds is 6. The summed E-state index contributed by atoms with van der Waals surface area (Å²) in [5.41, 5.74) is 1.26. The highest BCUT2D eigenvalue weighted by atomic mass is 35.5. The lowest BCUT2D eigenvalue weighted by Crippen LogP contribution is -2.52. The summed E-state index contributed by atoms with van der Waals surface area (Å²) in [4.78, 5) is 29.5. The largest absolute Gasteiger partial charge is 0.445 e. The van der Waals surface area contributed by atoms with Gasteiger partial charge in [-0.3, -0.25) is 4.90 Å². The van der Waals surface area contributed by atoms with Gasteiger partial charge in [-0.1, -0.05) is 24.3 Å². The van der Waals surface area contributed by atoms with Crippen molar-refractivity contribution in [2.75, 3.05) is 38.2 Å². The molecular weight excluding hydrogens is 427 g/mol. The minimum Gasteiger partial charge on any atom is -0.445 e. The fourth-order valence-electron chi connectivity index (χ4n) is 3.28. The number of pyridine rings is 1. The van der Waals surface area contributed by atoms with Crippen LogP contribution in [-0.4, -0.2) is 69.9 Å². The van der Waals surface area contributed by atoms with Gasteiger partial charge in [-0.25, -0.2) is 24.1 Å². The molecule has 0 aliphatic carbocycles. The fourth-order valence-corrected chi connectivity index (χ4v) is 3.43. The molecule has 0 aromatic carbocycles. The van der Waals surface area contributed by atoms with E-state index >= 15 is 0 Å². The number of fused-ring (bicyclic) bond motifs is 1. The van der Waals surface area contributed by atoms with E-state index in [4.69, 9.17) is 21.1 Å². The molecule has 0 bridgehead atoms. The van der Waals surface area contributed by atoms with Crippen LogP contribution in [0.4, 0.5) is 15.0 Å². The molecule has 1 fully saturated rings. The topological polar surface area (TPSA) is 105 Å². The Hall–Kier alpha value is -3.24. The Bertz CT molecular complexity index is 1110. The molecule has 3 aromatic heterocycles. The Morgan fingerprint density at radius 1 is 1.48 bits per heavy atom. The first-order valence-electron chi connectivity index (χ1n) is 9.58. The molecule has 1 aliphatic rings. The van der Waals surface area contributed by atoms with E-state index in [0.717, 1.165) is 11.6 Å². The first-order valence-corrected chi connectivity index (χ1v) is 9.96. The molecule has 1 unspecified atom stereocenters. The number of aromatic nitrogens is 4. The molecule has 162 valence electrons. The van der Waals surface area contributed by atoms with E-state index < -0.39 is 11.9 Å². The summed E-state index contributed by atoms with van der Waals surface area (Å²) in [7, 11) is 0. The number of H-pyrrole nitrogens is 1. The number of hydrogen-bond acceptors (Lipinski definition) is 7. The molecule has 4 rings (SSSR count). The highest BCUT2D eigenvalue weighted by Crippen LogP contribution is 2.28. The summed E-state index contributed by atoms with van der Waals surface area (Å²) in [6, 6.07) is 1.39. The number of nitrogens with one attached hydrogen (secondary N) is 2. The maximum Gasteiger partial charge on any atom is 0.410 e. The monoisotopic (exact) mass is 446 g/mol. The van der Waals surface area contributed by atoms with Crippen molar-refractivity contribution in [2.45, 2.75) is 6.04 Å². The third kappa shape index (κ3) is 4.59. The number of carbonyl (C=O) groups excluding carboxylic acids is 1. The molecule has 2 N–H and O–H groups in total. The Morgan fingerprint density at radius 3 is 3.19 bits per heavy atom. The van der Waals surface area contributed by atoms with Gasteiger partial charge in [-0.15, -0.1) is 0 Å². The van der Waals surface area contributed by atoms with Crippen LogP contribution in [0.2, 0.25) is 5.02 Å². The Balaban J connectivity index is 1.53. The normalized spacial score (nSPS) is 16.3. The number of hydrogen-bond donors (Lipinski definition) is 2. The van der Waals surface area contributed by atoms with Gasteiger partial charge in [0.1, 0.15) is 12.3 Å². The Labute approximate surface area is 182 Å². The van der Waals surface area contributed by atoms with E-state index in [1.807, 2.05) is 0 Å². The number of carbonyl (C=O) groups is 1. The van der Waals surface area contributed by atoms with Crippen molar-refractivity contribution < 1.29 is 18.7 Å². The Morgan fingerprint density at radius 2 is 2.35 bits per heavy atom. The van der Waals surface area contributed by atoms with E-state index in [2.05, 4.69) is 31.8 Å². The summed E-state index contributed by atoms with van der Waals surface area (Å²) >= 11 is 6.05. The molecule has 1 aliphatic heterocycles. The van der Waals surface area contributed by atoms with Crippen LogP contribution in [0.25, 0.3) is 22.4 Å². The molecule has 1 atom stereocenters. The molecule has 4 heterocycles. The van der Waals surface area contributed by atoms with Crippen LogP contribution in [-0.2, 0) is 9.47 Å². The number of halogens is 2. The van der Waals surface area contributed by atoms with Crippen molar-refractivity contribution in [1.29, 1.82) is 0 Å². The van der Waals surface area contributed by atoms with Crippen molar-refractivity contribution in [1.82, 2.24) is 24.8 Å². The zero-order valence-corrected chi connectivity index (χ0v) is 17.2. The Kier molecular flexibility index (Phi) is 6.28. The number of ether oxygens (including phenoxy) is 2. The summed E-state index contributed by atoms with van der Waals surface area (Å²) in [6.07, 6.45) is 5.34. The number of aromatic amines is 1. The zero-order chi connectivity index (χ0) is 21.8. The van der Waals surface area contributed by atoms with Crippen LogP contribution in [0, 0.1) is 5.82 Å². The molecule has 1 saturated heterocycles. The lowest BCUT2D eigenvalue weighted by Gasteiger charge is -2.34. The van der Waals surface area contributed by atoms with Gasteiger partial charge < -0.3 is 19.8 Å². The van der Waals surface area contributed by atoms with E-state index in [1.165, 1.54) is 12.3 Å². The quantitative estimate of drug-likeness (QED) is 0.560. The van der Waals surface area contributed by atoms with Gasteiger partial charge in [0.15, 0.2) is 17.5 Å². The van der Waals surface area contributed by atoms with Gasteiger partial charge in [-0.05, 0) is 6.07 Å². The van der Waals surface area contributed by atoms with Crippen LogP contribution in [0.5, 0.6) is 0 Å². The number of anilines is 1. The van der Waals surface area contributed by atoms with E-state index in [-0.39, 0.29) is 25.0 Å². The lowest BCUT2D eigenvalue weighted by atomic mass is 10.2. The lowest BCUT2D eigenvalue weighted by molar-refractivity contribution is -0.00265. The minimum atomic E-state index is -0.614. The van der Waals surface area contributed by atoms with Gasteiger partial charge >= 0.3 is 6.09 Å². The zero-order valence-electron chi connectivity index (χ0n) is 16.5. The number of amides is 1. The standard InChI is InChI=1S/C20H20ClFN6O3/c1-2-4-31-20(29)28-3-5-30-11-13(28)8-24-19-16(22)10-26-18(27-19)15-9-25-17-14(15)6-12(21)7-23-17/h2,6-7,9-10,13H,1,3-5,8,11H2,(H,23,25)(H,24,26,27). The molecule has 0 radical (unpaired) electrons. The highest BCUT2D eigenvalue weighted by Gasteiger charge is 2.28. The smallest absolute Gasteiger partial charge is 0.410 e. The van der Waals surface area contributed by atoms with E-state index in [9.17, 15) is 9.18 Å². The van der Waals surface area contributed by atoms with Crippen molar-refractivity contribution in [2.24, 2.45) is 0 Å². The van der Waals surface area contributed by atoms with Crippen molar-refractivity contribution in [3.63, 3.8) is 0 Å². The minimum absolute atomic E-state index is 0.0133. The van der Waals surface area contributed by atoms with Gasteiger partial charge in [0, 0.05) is 36.4 Å². The molecule has 0 saturated carbocycles. The van der Waals surface area contributed by atoms with Crippen molar-refractivity contribution in [3.05, 3.63) is 48.2 Å². The average Bonchev–Trinajstić information content (AvgIpc) is 3.20. The summed E-state index contributed by atoms with van der Waals surface area (Å²) in [6.45, 7) is 4.95. The maximum atomic E-state index is 14.4. The summed E-state index contributed by atoms with van der Waals surface area (Å²) in [5.74, 6) is -0.294. The van der Waals surface area contributed by atoms with Crippen LogP contribution in [0.15, 0.2) is 37.3 Å². The maximum absolute atomic E-state index is 14.4. The first kappa shape index (κ1) is 21.0. The second-order valence-electron chi connectivity index (χ2n) is 6.81. The highest BCUT2D eigenvalue weighted by molar-refractivity contribution is 6.31. The van der Waals surface area contributed by atoms with Crippen LogP contribution in [0.1, 0.15) is 0 Å². The third-order valence-corrected chi connectivity index (χ3v) is 4.98. The summed E-state index contributed by atoms with van der Waals surface area (Å²) < 4.78 is 25.0. The summed E-state index contributed by atoms with van der Waals surface area (Å²) in [5, 5.41) is 4.15. The molecule has 31 heavy (non-hydrogen) atoms. The SMILES string of the molecule is C=CCOC(=O)N1CCOCC1CNc1nc(-c2c[nH]c3ncc(Cl)cc23)ncc1F.